The molecular formula is C13H15N3O2. The van der Waals surface area contributed by atoms with E-state index in [2.05, 4.69) is 5.10 Å². The minimum Gasteiger partial charge on any atom is -0.486 e. The maximum absolute atomic E-state index is 5.94. The van der Waals surface area contributed by atoms with Crippen molar-refractivity contribution in [3.05, 3.63) is 30.5 Å². The molecule has 0 atom stereocenters. The van der Waals surface area contributed by atoms with Gasteiger partial charge in [-0.3, -0.25) is 4.68 Å². The van der Waals surface area contributed by atoms with Crippen LogP contribution in [0.15, 0.2) is 30.5 Å². The second-order valence-electron chi connectivity index (χ2n) is 4.37. The number of benzene rings is 1. The van der Waals surface area contributed by atoms with Crippen LogP contribution in [0.1, 0.15) is 0 Å². The summed E-state index contributed by atoms with van der Waals surface area (Å²) in [6.45, 7) is 1.36. The number of ether oxygens (including phenoxy) is 2. The summed E-state index contributed by atoms with van der Waals surface area (Å²) in [7, 11) is 1.83. The Morgan fingerprint density at radius 2 is 2.06 bits per heavy atom. The number of rotatable bonds is 3. The van der Waals surface area contributed by atoms with Crippen molar-refractivity contribution >= 4 is 5.82 Å². The number of nitrogen functional groups attached to an aromatic ring is 1. The van der Waals surface area contributed by atoms with E-state index in [0.717, 1.165) is 16.9 Å². The van der Waals surface area contributed by atoms with Crippen LogP contribution in [-0.4, -0.2) is 29.1 Å². The predicted octanol–water partition coefficient (Wildman–Crippen LogP) is 1.45. The van der Waals surface area contributed by atoms with Crippen molar-refractivity contribution in [2.75, 3.05) is 18.9 Å². The smallest absolute Gasteiger partial charge is 0.145 e. The van der Waals surface area contributed by atoms with Gasteiger partial charge in [0, 0.05) is 12.6 Å². The molecule has 0 radical (unpaired) electrons. The Hall–Kier alpha value is -2.01. The van der Waals surface area contributed by atoms with Crippen molar-refractivity contribution in [2.45, 2.75) is 6.10 Å². The van der Waals surface area contributed by atoms with Gasteiger partial charge in [0.1, 0.15) is 17.7 Å². The first-order chi connectivity index (χ1) is 8.74. The third kappa shape index (κ3) is 1.93. The van der Waals surface area contributed by atoms with Gasteiger partial charge in [-0.25, -0.2) is 0 Å². The van der Waals surface area contributed by atoms with E-state index in [1.165, 1.54) is 0 Å². The summed E-state index contributed by atoms with van der Waals surface area (Å²) in [6, 6.07) is 7.87. The molecule has 0 bridgehead atoms. The number of aromatic nitrogens is 2. The molecule has 1 fully saturated rings. The zero-order chi connectivity index (χ0) is 12.5. The summed E-state index contributed by atoms with van der Waals surface area (Å²) in [5.41, 5.74) is 7.92. The lowest BCUT2D eigenvalue weighted by Gasteiger charge is -2.26. The fourth-order valence-electron chi connectivity index (χ4n) is 1.86. The van der Waals surface area contributed by atoms with Gasteiger partial charge in [-0.05, 0) is 17.7 Å². The lowest BCUT2D eigenvalue weighted by atomic mass is 10.1. The first kappa shape index (κ1) is 11.1. The highest BCUT2D eigenvalue weighted by atomic mass is 16.6. The first-order valence-corrected chi connectivity index (χ1v) is 5.86. The second-order valence-corrected chi connectivity index (χ2v) is 4.37. The van der Waals surface area contributed by atoms with Gasteiger partial charge in [0.15, 0.2) is 0 Å². The van der Waals surface area contributed by atoms with Crippen LogP contribution in [0, 0.1) is 0 Å². The summed E-state index contributed by atoms with van der Waals surface area (Å²) >= 11 is 0. The van der Waals surface area contributed by atoms with E-state index in [0.29, 0.717) is 19.0 Å². The standard InChI is InChI=1S/C13H15N3O2/c1-16-13(14)12(6-15-16)9-2-4-10(5-3-9)18-11-7-17-8-11/h2-6,11H,7-8,14H2,1H3. The second kappa shape index (κ2) is 4.34. The molecule has 5 heteroatoms. The molecule has 0 aliphatic carbocycles. The molecule has 1 aromatic heterocycles. The van der Waals surface area contributed by atoms with Crippen LogP contribution < -0.4 is 10.5 Å². The summed E-state index contributed by atoms with van der Waals surface area (Å²) < 4.78 is 12.4. The van der Waals surface area contributed by atoms with E-state index in [1.54, 1.807) is 10.9 Å². The van der Waals surface area contributed by atoms with Crippen LogP contribution in [0.25, 0.3) is 11.1 Å². The number of aryl methyl sites for hydroxylation is 1. The normalized spacial score (nSPS) is 15.4. The maximum Gasteiger partial charge on any atom is 0.145 e. The quantitative estimate of drug-likeness (QED) is 0.889. The Bertz CT molecular complexity index is 544. The molecule has 0 spiro atoms. The van der Waals surface area contributed by atoms with Gasteiger partial charge in [-0.15, -0.1) is 0 Å². The largest absolute Gasteiger partial charge is 0.486 e. The van der Waals surface area contributed by atoms with Crippen molar-refractivity contribution in [2.24, 2.45) is 7.05 Å². The van der Waals surface area contributed by atoms with Gasteiger partial charge in [0.2, 0.25) is 0 Å². The molecule has 0 saturated carbocycles. The molecule has 1 aliphatic heterocycles. The van der Waals surface area contributed by atoms with Gasteiger partial charge in [0.25, 0.3) is 0 Å². The molecule has 2 N–H and O–H groups in total. The lowest BCUT2D eigenvalue weighted by Crippen LogP contribution is -2.38. The van der Waals surface area contributed by atoms with E-state index in [-0.39, 0.29) is 6.10 Å². The molecule has 0 amide bonds. The molecule has 1 aromatic carbocycles. The number of nitrogens with two attached hydrogens (primary N) is 1. The fraction of sp³-hybridized carbons (Fsp3) is 0.308. The SMILES string of the molecule is Cn1ncc(-c2ccc(OC3COC3)cc2)c1N. The minimum absolute atomic E-state index is 0.194. The average Bonchev–Trinajstić information content (AvgIpc) is 2.66. The van der Waals surface area contributed by atoms with Gasteiger partial charge in [-0.1, -0.05) is 12.1 Å². The molecule has 2 aromatic rings. The number of anilines is 1. The highest BCUT2D eigenvalue weighted by Crippen LogP contribution is 2.27. The van der Waals surface area contributed by atoms with Gasteiger partial charge >= 0.3 is 0 Å². The minimum atomic E-state index is 0.194. The van der Waals surface area contributed by atoms with Gasteiger partial charge in [-0.2, -0.15) is 5.10 Å². The Kier molecular flexibility index (Phi) is 2.68. The number of nitrogens with zero attached hydrogens (tertiary/aromatic N) is 2. The molecule has 2 heterocycles. The van der Waals surface area contributed by atoms with Crippen LogP contribution in [0.4, 0.5) is 5.82 Å². The van der Waals surface area contributed by atoms with Crippen molar-refractivity contribution < 1.29 is 9.47 Å². The summed E-state index contributed by atoms with van der Waals surface area (Å²) in [6.07, 6.45) is 1.96. The number of hydrogen-bond acceptors (Lipinski definition) is 4. The molecule has 3 rings (SSSR count). The van der Waals surface area contributed by atoms with Crippen molar-refractivity contribution in [1.82, 2.24) is 9.78 Å². The van der Waals surface area contributed by atoms with Gasteiger partial charge < -0.3 is 15.2 Å². The summed E-state index contributed by atoms with van der Waals surface area (Å²) in [5.74, 6) is 1.52. The van der Waals surface area contributed by atoms with Crippen LogP contribution >= 0.6 is 0 Å². The average molecular weight is 245 g/mol. The molecule has 1 aliphatic rings. The van der Waals surface area contributed by atoms with E-state index >= 15 is 0 Å². The summed E-state index contributed by atoms with van der Waals surface area (Å²) in [4.78, 5) is 0. The van der Waals surface area contributed by atoms with Crippen LogP contribution in [0.5, 0.6) is 5.75 Å². The van der Waals surface area contributed by atoms with E-state index < -0.39 is 0 Å². The lowest BCUT2D eigenvalue weighted by molar-refractivity contribution is -0.0796. The van der Waals surface area contributed by atoms with E-state index in [9.17, 15) is 0 Å². The van der Waals surface area contributed by atoms with Crippen LogP contribution in [-0.2, 0) is 11.8 Å². The third-order valence-electron chi connectivity index (χ3n) is 3.06. The molecule has 0 unspecified atom stereocenters. The predicted molar refractivity (Wildman–Crippen MR) is 68.3 cm³/mol. The van der Waals surface area contributed by atoms with Gasteiger partial charge in [0.05, 0.1) is 19.4 Å². The Labute approximate surface area is 105 Å². The Morgan fingerprint density at radius 1 is 1.33 bits per heavy atom. The highest BCUT2D eigenvalue weighted by Gasteiger charge is 2.19. The first-order valence-electron chi connectivity index (χ1n) is 5.86. The monoisotopic (exact) mass is 245 g/mol. The maximum atomic E-state index is 5.94. The summed E-state index contributed by atoms with van der Waals surface area (Å²) in [5, 5.41) is 4.13. The fourth-order valence-corrected chi connectivity index (χ4v) is 1.86. The Morgan fingerprint density at radius 3 is 2.56 bits per heavy atom. The van der Waals surface area contributed by atoms with E-state index in [1.807, 2.05) is 31.3 Å². The zero-order valence-electron chi connectivity index (χ0n) is 10.2. The van der Waals surface area contributed by atoms with Crippen molar-refractivity contribution in [3.63, 3.8) is 0 Å². The zero-order valence-corrected chi connectivity index (χ0v) is 10.2. The third-order valence-corrected chi connectivity index (χ3v) is 3.06. The van der Waals surface area contributed by atoms with Crippen molar-refractivity contribution in [3.8, 4) is 16.9 Å². The van der Waals surface area contributed by atoms with E-state index in [4.69, 9.17) is 15.2 Å². The molecule has 1 saturated heterocycles. The van der Waals surface area contributed by atoms with Crippen LogP contribution in [0.3, 0.4) is 0 Å². The molecule has 18 heavy (non-hydrogen) atoms. The molecular weight excluding hydrogens is 230 g/mol. The molecule has 5 nitrogen and oxygen atoms in total. The topological polar surface area (TPSA) is 62.3 Å². The Balaban J connectivity index is 1.79. The number of hydrogen-bond donors (Lipinski definition) is 1. The van der Waals surface area contributed by atoms with Crippen LogP contribution in [0.2, 0.25) is 0 Å². The highest BCUT2D eigenvalue weighted by molar-refractivity contribution is 5.73. The molecule has 94 valence electrons. The van der Waals surface area contributed by atoms with Crippen molar-refractivity contribution in [1.29, 1.82) is 0 Å².